The van der Waals surface area contributed by atoms with Crippen LogP contribution in [0.1, 0.15) is 56.3 Å². The van der Waals surface area contributed by atoms with E-state index in [4.69, 9.17) is 9.47 Å². The minimum atomic E-state index is -0.198. The molecule has 0 aliphatic rings. The third kappa shape index (κ3) is 7.25. The molecule has 0 unspecified atom stereocenters. The Morgan fingerprint density at radius 2 is 1.70 bits per heavy atom. The summed E-state index contributed by atoms with van der Waals surface area (Å²) in [7, 11) is 0. The van der Waals surface area contributed by atoms with E-state index in [-0.39, 0.29) is 5.91 Å². The maximum absolute atomic E-state index is 12.7. The van der Waals surface area contributed by atoms with Crippen LogP contribution in [0.3, 0.4) is 0 Å². The zero-order valence-electron chi connectivity index (χ0n) is 16.1. The number of hydrogen-bond donors (Lipinski definition) is 1. The number of halogens is 1. The molecule has 0 radical (unpaired) electrons. The quantitative estimate of drug-likeness (QED) is 0.414. The topological polar surface area (TPSA) is 47.6 Å². The Hall–Kier alpha value is -2.01. The molecule has 27 heavy (non-hydrogen) atoms. The first-order valence-corrected chi connectivity index (χ1v) is 10.4. The lowest BCUT2D eigenvalue weighted by Gasteiger charge is -2.12. The van der Waals surface area contributed by atoms with E-state index in [0.29, 0.717) is 17.9 Å². The van der Waals surface area contributed by atoms with E-state index in [9.17, 15) is 4.79 Å². The van der Waals surface area contributed by atoms with Crippen molar-refractivity contribution in [3.05, 3.63) is 52.5 Å². The van der Waals surface area contributed by atoms with Gasteiger partial charge in [-0.05, 0) is 55.3 Å². The molecule has 0 saturated heterocycles. The van der Waals surface area contributed by atoms with Crippen LogP contribution in [-0.2, 0) is 0 Å². The maximum atomic E-state index is 12.7. The third-order valence-electron chi connectivity index (χ3n) is 4.03. The second kappa shape index (κ2) is 11.7. The number of unbranched alkanes of at least 4 members (excludes halogenated alkanes) is 3. The molecule has 0 fully saturated rings. The van der Waals surface area contributed by atoms with Gasteiger partial charge in [0.25, 0.3) is 5.91 Å². The first kappa shape index (κ1) is 21.3. The molecule has 0 saturated carbocycles. The van der Waals surface area contributed by atoms with E-state index in [1.807, 2.05) is 43.3 Å². The van der Waals surface area contributed by atoms with Crippen LogP contribution in [-0.4, -0.2) is 19.1 Å². The van der Waals surface area contributed by atoms with Crippen LogP contribution in [0.25, 0.3) is 0 Å². The molecule has 0 aliphatic carbocycles. The highest BCUT2D eigenvalue weighted by Gasteiger charge is 2.14. The van der Waals surface area contributed by atoms with E-state index in [1.165, 1.54) is 19.3 Å². The number of hydrogen-bond acceptors (Lipinski definition) is 3. The van der Waals surface area contributed by atoms with Crippen LogP contribution in [0.5, 0.6) is 11.5 Å². The smallest absolute Gasteiger partial charge is 0.259 e. The summed E-state index contributed by atoms with van der Waals surface area (Å²) in [5, 5.41) is 2.92. The Bertz CT molecular complexity index is 716. The molecular weight excluding hydrogens is 406 g/mol. The minimum Gasteiger partial charge on any atom is -0.494 e. The predicted octanol–water partition coefficient (Wildman–Crippen LogP) is 6.45. The zero-order valence-corrected chi connectivity index (χ0v) is 17.7. The molecule has 2 aromatic carbocycles. The summed E-state index contributed by atoms with van der Waals surface area (Å²) < 4.78 is 12.3. The summed E-state index contributed by atoms with van der Waals surface area (Å²) >= 11 is 3.42. The van der Waals surface area contributed by atoms with Gasteiger partial charge in [0.05, 0.1) is 18.8 Å². The molecule has 1 amide bonds. The van der Waals surface area contributed by atoms with E-state index in [0.717, 1.165) is 35.4 Å². The van der Waals surface area contributed by atoms with Crippen LogP contribution >= 0.6 is 15.9 Å². The van der Waals surface area contributed by atoms with Crippen molar-refractivity contribution in [3.8, 4) is 11.5 Å². The van der Waals surface area contributed by atoms with Crippen LogP contribution < -0.4 is 14.8 Å². The monoisotopic (exact) mass is 433 g/mol. The van der Waals surface area contributed by atoms with Gasteiger partial charge in [-0.15, -0.1) is 0 Å². The molecule has 0 bridgehead atoms. The van der Waals surface area contributed by atoms with E-state index < -0.39 is 0 Å². The lowest BCUT2D eigenvalue weighted by molar-refractivity contribution is 0.102. The molecule has 2 rings (SSSR count). The van der Waals surface area contributed by atoms with Crippen LogP contribution in [0, 0.1) is 0 Å². The number of nitrogens with one attached hydrogen (secondary N) is 1. The molecule has 2 aromatic rings. The van der Waals surface area contributed by atoms with Crippen LogP contribution in [0.4, 0.5) is 5.69 Å². The van der Waals surface area contributed by atoms with Gasteiger partial charge in [0.15, 0.2) is 0 Å². The summed E-state index contributed by atoms with van der Waals surface area (Å²) in [6.45, 7) is 5.53. The van der Waals surface area contributed by atoms with Gasteiger partial charge in [-0.3, -0.25) is 4.79 Å². The number of amides is 1. The SMILES string of the molecule is CCCCCCOc1ccc(NC(=O)c2cc(Br)ccc2OCCC)cc1. The second-order valence-corrected chi connectivity index (χ2v) is 7.29. The molecule has 0 aromatic heterocycles. The number of carbonyl (C=O) groups excluding carboxylic acids is 1. The van der Waals surface area contributed by atoms with Crippen molar-refractivity contribution in [2.75, 3.05) is 18.5 Å². The number of benzene rings is 2. The first-order chi connectivity index (χ1) is 13.1. The molecule has 5 heteroatoms. The molecule has 4 nitrogen and oxygen atoms in total. The van der Waals surface area contributed by atoms with Crippen molar-refractivity contribution in [2.45, 2.75) is 46.0 Å². The fourth-order valence-electron chi connectivity index (χ4n) is 2.57. The summed E-state index contributed by atoms with van der Waals surface area (Å²) in [5.74, 6) is 1.21. The fraction of sp³-hybridized carbons (Fsp3) is 0.409. The molecule has 0 heterocycles. The average molecular weight is 434 g/mol. The molecule has 0 spiro atoms. The Morgan fingerprint density at radius 1 is 0.926 bits per heavy atom. The number of rotatable bonds is 11. The highest BCUT2D eigenvalue weighted by atomic mass is 79.9. The summed E-state index contributed by atoms with van der Waals surface area (Å²) in [6, 6.07) is 12.9. The lowest BCUT2D eigenvalue weighted by atomic mass is 10.2. The number of ether oxygens (including phenoxy) is 2. The van der Waals surface area contributed by atoms with Gasteiger partial charge in [-0.25, -0.2) is 0 Å². The second-order valence-electron chi connectivity index (χ2n) is 6.38. The summed E-state index contributed by atoms with van der Waals surface area (Å²) in [5.41, 5.74) is 1.23. The number of carbonyl (C=O) groups is 1. The van der Waals surface area contributed by atoms with Crippen molar-refractivity contribution < 1.29 is 14.3 Å². The fourth-order valence-corrected chi connectivity index (χ4v) is 2.93. The van der Waals surface area contributed by atoms with Gasteiger partial charge in [0.1, 0.15) is 11.5 Å². The van der Waals surface area contributed by atoms with Crippen LogP contribution in [0.2, 0.25) is 0 Å². The molecule has 0 aliphatic heterocycles. The first-order valence-electron chi connectivity index (χ1n) is 9.60. The van der Waals surface area contributed by atoms with E-state index >= 15 is 0 Å². The van der Waals surface area contributed by atoms with Crippen molar-refractivity contribution in [3.63, 3.8) is 0 Å². The Morgan fingerprint density at radius 3 is 2.41 bits per heavy atom. The van der Waals surface area contributed by atoms with Crippen molar-refractivity contribution in [1.29, 1.82) is 0 Å². The lowest BCUT2D eigenvalue weighted by Crippen LogP contribution is -2.14. The van der Waals surface area contributed by atoms with Gasteiger partial charge in [0, 0.05) is 10.2 Å². The van der Waals surface area contributed by atoms with Gasteiger partial charge in [-0.1, -0.05) is 49.0 Å². The largest absolute Gasteiger partial charge is 0.494 e. The maximum Gasteiger partial charge on any atom is 0.259 e. The van der Waals surface area contributed by atoms with Crippen molar-refractivity contribution >= 4 is 27.5 Å². The van der Waals surface area contributed by atoms with Crippen molar-refractivity contribution in [2.24, 2.45) is 0 Å². The minimum absolute atomic E-state index is 0.198. The Balaban J connectivity index is 1.94. The third-order valence-corrected chi connectivity index (χ3v) is 4.52. The zero-order chi connectivity index (χ0) is 19.5. The van der Waals surface area contributed by atoms with Gasteiger partial charge in [0.2, 0.25) is 0 Å². The molecule has 146 valence electrons. The summed E-state index contributed by atoms with van der Waals surface area (Å²) in [6.07, 6.45) is 5.61. The standard InChI is InChI=1S/C22H28BrNO3/c1-3-5-6-7-15-26-19-11-9-18(10-12-19)24-22(25)20-16-17(23)8-13-21(20)27-14-4-2/h8-13,16H,3-7,14-15H2,1-2H3,(H,24,25). The molecule has 0 atom stereocenters. The van der Waals surface area contributed by atoms with E-state index in [2.05, 4.69) is 28.2 Å². The Kier molecular flexibility index (Phi) is 9.19. The van der Waals surface area contributed by atoms with Gasteiger partial charge < -0.3 is 14.8 Å². The Labute approximate surface area is 170 Å². The van der Waals surface area contributed by atoms with Crippen molar-refractivity contribution in [1.82, 2.24) is 0 Å². The average Bonchev–Trinajstić information content (AvgIpc) is 2.68. The highest BCUT2D eigenvalue weighted by Crippen LogP contribution is 2.25. The van der Waals surface area contributed by atoms with Gasteiger partial charge in [-0.2, -0.15) is 0 Å². The van der Waals surface area contributed by atoms with Crippen LogP contribution in [0.15, 0.2) is 46.9 Å². The van der Waals surface area contributed by atoms with E-state index in [1.54, 1.807) is 6.07 Å². The normalized spacial score (nSPS) is 10.5. The van der Waals surface area contributed by atoms with Gasteiger partial charge >= 0.3 is 0 Å². The highest BCUT2D eigenvalue weighted by molar-refractivity contribution is 9.10. The number of anilines is 1. The molecule has 1 N–H and O–H groups in total. The predicted molar refractivity (Wildman–Crippen MR) is 114 cm³/mol. The molecular formula is C22H28BrNO3. The summed E-state index contributed by atoms with van der Waals surface area (Å²) in [4.78, 5) is 12.7.